The molecule has 0 N–H and O–H groups in total. The minimum absolute atomic E-state index is 0.891. The normalized spacial score (nSPS) is 11.2. The second kappa shape index (κ2) is 4.49. The summed E-state index contributed by atoms with van der Waals surface area (Å²) in [6.07, 6.45) is 2.06. The van der Waals surface area contributed by atoms with E-state index in [0.29, 0.717) is 0 Å². The summed E-state index contributed by atoms with van der Waals surface area (Å²) in [6.45, 7) is 6.42. The Morgan fingerprint density at radius 1 is 1.05 bits per heavy atom. The molecule has 0 saturated heterocycles. The maximum Gasteiger partial charge on any atom is 0.146 e. The third-order valence-corrected chi connectivity index (χ3v) is 3.99. The van der Waals surface area contributed by atoms with Crippen LogP contribution in [0, 0.1) is 20.8 Å². The van der Waals surface area contributed by atoms with Gasteiger partial charge in [0.1, 0.15) is 10.4 Å². The minimum Gasteiger partial charge on any atom is -0.299 e. The summed E-state index contributed by atoms with van der Waals surface area (Å²) in [5.41, 5.74) is 6.13. The fourth-order valence-electron chi connectivity index (χ4n) is 2.71. The summed E-state index contributed by atoms with van der Waals surface area (Å²) in [5, 5.41) is 0. The van der Waals surface area contributed by atoms with E-state index in [1.807, 2.05) is 12.1 Å². The van der Waals surface area contributed by atoms with Gasteiger partial charge in [0.2, 0.25) is 0 Å². The second-order valence-corrected chi connectivity index (χ2v) is 5.71. The highest BCUT2D eigenvalue weighted by molar-refractivity contribution is 9.10. The van der Waals surface area contributed by atoms with Crippen LogP contribution in [0.5, 0.6) is 0 Å². The molecule has 0 aliphatic carbocycles. The van der Waals surface area contributed by atoms with Crippen molar-refractivity contribution in [2.45, 2.75) is 20.8 Å². The van der Waals surface area contributed by atoms with E-state index in [9.17, 15) is 0 Å². The molecule has 3 rings (SSSR count). The molecule has 1 aromatic carbocycles. The molecule has 3 aromatic rings. The highest BCUT2D eigenvalue weighted by atomic mass is 79.9. The molecule has 0 saturated carbocycles. The molecule has 0 aliphatic rings. The number of imidazole rings is 1. The molecule has 96 valence electrons. The van der Waals surface area contributed by atoms with E-state index >= 15 is 0 Å². The Morgan fingerprint density at radius 2 is 1.74 bits per heavy atom. The average Bonchev–Trinajstić information content (AvgIpc) is 2.67. The van der Waals surface area contributed by atoms with Crippen molar-refractivity contribution in [1.82, 2.24) is 9.38 Å². The fourth-order valence-corrected chi connectivity index (χ4v) is 3.20. The highest BCUT2D eigenvalue weighted by Crippen LogP contribution is 2.31. The summed E-state index contributed by atoms with van der Waals surface area (Å²) in [7, 11) is 0. The molecule has 2 aromatic heterocycles. The Morgan fingerprint density at radius 3 is 2.42 bits per heavy atom. The van der Waals surface area contributed by atoms with Gasteiger partial charge in [-0.05, 0) is 60.0 Å². The Hall–Kier alpha value is -1.61. The number of rotatable bonds is 1. The van der Waals surface area contributed by atoms with Gasteiger partial charge in [0.15, 0.2) is 0 Å². The first-order valence-electron chi connectivity index (χ1n) is 6.28. The van der Waals surface area contributed by atoms with Crippen molar-refractivity contribution in [3.63, 3.8) is 0 Å². The second-order valence-electron chi connectivity index (χ2n) is 4.96. The highest BCUT2D eigenvalue weighted by Gasteiger charge is 2.14. The summed E-state index contributed by atoms with van der Waals surface area (Å²) in [4.78, 5) is 4.69. The molecule has 0 bridgehead atoms. The van der Waals surface area contributed by atoms with Gasteiger partial charge >= 0.3 is 0 Å². The lowest BCUT2D eigenvalue weighted by Gasteiger charge is -2.10. The van der Waals surface area contributed by atoms with Crippen molar-refractivity contribution < 1.29 is 0 Å². The lowest BCUT2D eigenvalue weighted by molar-refractivity contribution is 1.14. The maximum atomic E-state index is 4.69. The summed E-state index contributed by atoms with van der Waals surface area (Å²) < 4.78 is 3.02. The Bertz CT molecular complexity index is 749. The molecule has 19 heavy (non-hydrogen) atoms. The van der Waals surface area contributed by atoms with Gasteiger partial charge in [-0.1, -0.05) is 23.8 Å². The van der Waals surface area contributed by atoms with Gasteiger partial charge in [0, 0.05) is 11.8 Å². The molecule has 3 heteroatoms. The molecule has 0 amide bonds. The molecular formula is C16H15BrN2. The predicted octanol–water partition coefficient (Wildman–Crippen LogP) is 4.69. The first kappa shape index (κ1) is 12.4. The molecular weight excluding hydrogens is 300 g/mol. The van der Waals surface area contributed by atoms with Crippen molar-refractivity contribution in [3.05, 3.63) is 57.8 Å². The Labute approximate surface area is 121 Å². The maximum absolute atomic E-state index is 4.69. The fraction of sp³-hybridized carbons (Fsp3) is 0.188. The number of aryl methyl sites for hydroxylation is 3. The Kier molecular flexibility index (Phi) is 2.94. The molecule has 0 atom stereocenters. The van der Waals surface area contributed by atoms with Crippen LogP contribution in [0.1, 0.15) is 16.7 Å². The third-order valence-electron chi connectivity index (χ3n) is 3.40. The van der Waals surface area contributed by atoms with Crippen LogP contribution >= 0.6 is 15.9 Å². The van der Waals surface area contributed by atoms with Gasteiger partial charge in [0.25, 0.3) is 0 Å². The first-order valence-corrected chi connectivity index (χ1v) is 7.08. The third kappa shape index (κ3) is 1.98. The number of benzene rings is 1. The van der Waals surface area contributed by atoms with Crippen LogP contribution in [0.4, 0.5) is 0 Å². The van der Waals surface area contributed by atoms with E-state index < -0.39 is 0 Å². The van der Waals surface area contributed by atoms with Crippen molar-refractivity contribution in [3.8, 4) is 11.4 Å². The SMILES string of the molecule is Cc1cc(C)c(-c2nc(Br)c3ccccn23)c(C)c1. The van der Waals surface area contributed by atoms with Gasteiger partial charge < -0.3 is 0 Å². The minimum atomic E-state index is 0.891. The zero-order valence-corrected chi connectivity index (χ0v) is 12.8. The quantitative estimate of drug-likeness (QED) is 0.637. The monoisotopic (exact) mass is 314 g/mol. The van der Waals surface area contributed by atoms with E-state index in [-0.39, 0.29) is 0 Å². The zero-order chi connectivity index (χ0) is 13.6. The summed E-state index contributed by atoms with van der Waals surface area (Å²) in [6, 6.07) is 10.5. The molecule has 0 aliphatic heterocycles. The van der Waals surface area contributed by atoms with Crippen LogP contribution in [-0.2, 0) is 0 Å². The average molecular weight is 315 g/mol. The molecule has 0 radical (unpaired) electrons. The smallest absolute Gasteiger partial charge is 0.146 e. The molecule has 0 unspecified atom stereocenters. The molecule has 0 fully saturated rings. The van der Waals surface area contributed by atoms with Gasteiger partial charge in [-0.3, -0.25) is 4.40 Å². The number of nitrogens with zero attached hydrogens (tertiary/aromatic N) is 2. The number of hydrogen-bond acceptors (Lipinski definition) is 1. The van der Waals surface area contributed by atoms with Crippen molar-refractivity contribution >= 4 is 21.4 Å². The standard InChI is InChI=1S/C16H15BrN2/c1-10-8-11(2)14(12(3)9-10)16-18-15(17)13-6-4-5-7-19(13)16/h4-9H,1-3H3. The molecule has 0 spiro atoms. The van der Waals surface area contributed by atoms with Gasteiger partial charge in [-0.2, -0.15) is 0 Å². The summed E-state index contributed by atoms with van der Waals surface area (Å²) >= 11 is 3.55. The zero-order valence-electron chi connectivity index (χ0n) is 11.2. The lowest BCUT2D eigenvalue weighted by Crippen LogP contribution is -1.95. The number of aromatic nitrogens is 2. The number of fused-ring (bicyclic) bond motifs is 1. The van der Waals surface area contributed by atoms with Crippen LogP contribution in [0.2, 0.25) is 0 Å². The van der Waals surface area contributed by atoms with Crippen LogP contribution in [-0.4, -0.2) is 9.38 Å². The number of hydrogen-bond donors (Lipinski definition) is 0. The lowest BCUT2D eigenvalue weighted by atomic mass is 9.99. The van der Waals surface area contributed by atoms with Gasteiger partial charge in [-0.25, -0.2) is 4.98 Å². The van der Waals surface area contributed by atoms with E-state index in [4.69, 9.17) is 4.98 Å². The van der Waals surface area contributed by atoms with Gasteiger partial charge in [0.05, 0.1) is 5.52 Å². The van der Waals surface area contributed by atoms with E-state index in [1.165, 1.54) is 22.3 Å². The van der Waals surface area contributed by atoms with Crippen molar-refractivity contribution in [2.24, 2.45) is 0 Å². The topological polar surface area (TPSA) is 17.3 Å². The van der Waals surface area contributed by atoms with Crippen LogP contribution in [0.25, 0.3) is 16.9 Å². The Balaban J connectivity index is 2.37. The summed E-state index contributed by atoms with van der Waals surface area (Å²) in [5.74, 6) is 0.998. The van der Waals surface area contributed by atoms with Crippen molar-refractivity contribution in [1.29, 1.82) is 0 Å². The van der Waals surface area contributed by atoms with E-state index in [1.54, 1.807) is 0 Å². The van der Waals surface area contributed by atoms with Crippen LogP contribution < -0.4 is 0 Å². The van der Waals surface area contributed by atoms with Crippen LogP contribution in [0.3, 0.4) is 0 Å². The first-order chi connectivity index (χ1) is 9.08. The molecule has 2 heterocycles. The number of halogens is 1. The predicted molar refractivity (Wildman–Crippen MR) is 82.5 cm³/mol. The van der Waals surface area contributed by atoms with Crippen molar-refractivity contribution in [2.75, 3.05) is 0 Å². The van der Waals surface area contributed by atoms with E-state index in [0.717, 1.165) is 15.9 Å². The van der Waals surface area contributed by atoms with E-state index in [2.05, 4.69) is 65.5 Å². The number of pyridine rings is 1. The largest absolute Gasteiger partial charge is 0.299 e. The molecule has 2 nitrogen and oxygen atoms in total. The van der Waals surface area contributed by atoms with Crippen LogP contribution in [0.15, 0.2) is 41.1 Å². The van der Waals surface area contributed by atoms with Gasteiger partial charge in [-0.15, -0.1) is 0 Å².